The Morgan fingerprint density at radius 1 is 1.37 bits per heavy atom. The van der Waals surface area contributed by atoms with Gasteiger partial charge in [0, 0.05) is 17.5 Å². The van der Waals surface area contributed by atoms with Crippen LogP contribution in [-0.2, 0) is 6.54 Å². The van der Waals surface area contributed by atoms with Crippen LogP contribution in [0.4, 0.5) is 0 Å². The van der Waals surface area contributed by atoms with E-state index in [0.717, 1.165) is 16.3 Å². The summed E-state index contributed by atoms with van der Waals surface area (Å²) in [4.78, 5) is 5.35. The minimum Gasteiger partial charge on any atom is -0.417 e. The molecule has 4 nitrogen and oxygen atoms in total. The summed E-state index contributed by atoms with van der Waals surface area (Å²) in [5.41, 5.74) is 0.838. The first-order valence-electron chi connectivity index (χ1n) is 6.17. The third-order valence-corrected chi connectivity index (χ3v) is 3.27. The Morgan fingerprint density at radius 2 is 2.16 bits per heavy atom. The van der Waals surface area contributed by atoms with Gasteiger partial charge in [-0.15, -0.1) is 11.8 Å². The number of aromatic nitrogens is 1. The number of oxazole rings is 1. The predicted octanol–water partition coefficient (Wildman–Crippen LogP) is 3.69. The van der Waals surface area contributed by atoms with Crippen molar-refractivity contribution in [1.29, 1.82) is 0 Å². The predicted molar refractivity (Wildman–Crippen MR) is 76.8 cm³/mol. The molecule has 0 atom stereocenters. The molecule has 0 unspecified atom stereocenters. The van der Waals surface area contributed by atoms with E-state index in [0.29, 0.717) is 12.6 Å². The van der Waals surface area contributed by atoms with Crippen molar-refractivity contribution in [2.75, 3.05) is 6.26 Å². The Hall–Kier alpha value is -1.46. The molecule has 1 aromatic heterocycles. The average Bonchev–Trinajstić information content (AvgIpc) is 2.85. The van der Waals surface area contributed by atoms with Crippen LogP contribution in [0.3, 0.4) is 0 Å². The second kappa shape index (κ2) is 6.63. The lowest BCUT2D eigenvalue weighted by Gasteiger charge is -2.05. The highest BCUT2D eigenvalue weighted by Gasteiger charge is 2.09. The van der Waals surface area contributed by atoms with Crippen molar-refractivity contribution < 1.29 is 9.15 Å². The van der Waals surface area contributed by atoms with Gasteiger partial charge in [0.1, 0.15) is 12.0 Å². The maximum Gasteiger partial charge on any atom is 0.399 e. The van der Waals surface area contributed by atoms with Gasteiger partial charge < -0.3 is 14.5 Å². The third-order valence-electron chi connectivity index (χ3n) is 2.49. The molecule has 0 aliphatic rings. The van der Waals surface area contributed by atoms with Crippen molar-refractivity contribution in [2.45, 2.75) is 31.3 Å². The normalized spacial score (nSPS) is 10.9. The number of para-hydroxylation sites is 1. The van der Waals surface area contributed by atoms with E-state index < -0.39 is 0 Å². The summed E-state index contributed by atoms with van der Waals surface area (Å²) in [5.74, 6) is 0.764. The molecule has 0 saturated carbocycles. The van der Waals surface area contributed by atoms with Crippen molar-refractivity contribution >= 4 is 11.8 Å². The molecule has 1 N–H and O–H groups in total. The van der Waals surface area contributed by atoms with Crippen LogP contribution in [0.15, 0.2) is 39.8 Å². The Labute approximate surface area is 117 Å². The van der Waals surface area contributed by atoms with E-state index in [1.165, 1.54) is 0 Å². The van der Waals surface area contributed by atoms with Gasteiger partial charge in [-0.3, -0.25) is 0 Å². The Balaban J connectivity index is 2.03. The fourth-order valence-corrected chi connectivity index (χ4v) is 2.05. The molecule has 2 aromatic rings. The van der Waals surface area contributed by atoms with Crippen molar-refractivity contribution in [2.24, 2.45) is 0 Å². The van der Waals surface area contributed by atoms with Crippen molar-refractivity contribution in [3.8, 4) is 11.8 Å². The number of benzene rings is 1. The monoisotopic (exact) mass is 278 g/mol. The highest BCUT2D eigenvalue weighted by Crippen LogP contribution is 2.30. The topological polar surface area (TPSA) is 47.3 Å². The highest BCUT2D eigenvalue weighted by atomic mass is 32.2. The first-order chi connectivity index (χ1) is 9.19. The summed E-state index contributed by atoms with van der Waals surface area (Å²) in [6.07, 6.45) is 3.91. The van der Waals surface area contributed by atoms with Crippen LogP contribution in [0.25, 0.3) is 0 Å². The van der Waals surface area contributed by atoms with Crippen molar-refractivity contribution in [1.82, 2.24) is 10.3 Å². The van der Waals surface area contributed by atoms with E-state index in [1.54, 1.807) is 18.0 Å². The number of hydrogen-bond acceptors (Lipinski definition) is 5. The van der Waals surface area contributed by atoms with Crippen molar-refractivity contribution in [3.05, 3.63) is 36.2 Å². The van der Waals surface area contributed by atoms with E-state index in [9.17, 15) is 0 Å². The van der Waals surface area contributed by atoms with Crippen LogP contribution in [0.1, 0.15) is 19.5 Å². The van der Waals surface area contributed by atoms with Gasteiger partial charge in [0.2, 0.25) is 0 Å². The minimum absolute atomic E-state index is 0.280. The molecule has 0 saturated heterocycles. The molecule has 0 bridgehead atoms. The first kappa shape index (κ1) is 14.0. The molecule has 1 aromatic carbocycles. The fourth-order valence-electron chi connectivity index (χ4n) is 1.52. The summed E-state index contributed by atoms with van der Waals surface area (Å²) >= 11 is 1.63. The SMILES string of the molecule is CSc1ccccc1Oc1nc(CNC(C)C)co1. The van der Waals surface area contributed by atoms with Gasteiger partial charge in [-0.1, -0.05) is 26.0 Å². The average molecular weight is 278 g/mol. The number of hydrogen-bond donors (Lipinski definition) is 1. The zero-order chi connectivity index (χ0) is 13.7. The molecule has 0 aliphatic carbocycles. The summed E-state index contributed by atoms with van der Waals surface area (Å²) in [6, 6.07) is 8.23. The fraction of sp³-hybridized carbons (Fsp3) is 0.357. The summed E-state index contributed by atoms with van der Waals surface area (Å²) in [7, 11) is 0. The van der Waals surface area contributed by atoms with E-state index in [-0.39, 0.29) is 6.08 Å². The number of ether oxygens (including phenoxy) is 1. The summed E-state index contributed by atoms with van der Waals surface area (Å²) < 4.78 is 11.0. The molecular weight excluding hydrogens is 260 g/mol. The smallest absolute Gasteiger partial charge is 0.399 e. The van der Waals surface area contributed by atoms with Gasteiger partial charge in [-0.05, 0) is 18.4 Å². The van der Waals surface area contributed by atoms with E-state index >= 15 is 0 Å². The van der Waals surface area contributed by atoms with Gasteiger partial charge >= 0.3 is 6.08 Å². The molecule has 102 valence electrons. The van der Waals surface area contributed by atoms with Gasteiger partial charge in [0.05, 0.1) is 5.69 Å². The molecule has 0 aliphatic heterocycles. The molecule has 0 amide bonds. The standard InChI is InChI=1S/C14H18N2O2S/c1-10(2)15-8-11-9-17-14(16-11)18-12-6-4-5-7-13(12)19-3/h4-7,9-10,15H,8H2,1-3H3. The highest BCUT2D eigenvalue weighted by molar-refractivity contribution is 7.98. The zero-order valence-corrected chi connectivity index (χ0v) is 12.2. The lowest BCUT2D eigenvalue weighted by atomic mass is 10.3. The number of nitrogens with zero attached hydrogens (tertiary/aromatic N) is 1. The van der Waals surface area contributed by atoms with E-state index in [1.807, 2.05) is 30.5 Å². The molecule has 0 fully saturated rings. The molecule has 19 heavy (non-hydrogen) atoms. The van der Waals surface area contributed by atoms with Gasteiger partial charge in [0.15, 0.2) is 0 Å². The zero-order valence-electron chi connectivity index (χ0n) is 11.3. The first-order valence-corrected chi connectivity index (χ1v) is 7.40. The van der Waals surface area contributed by atoms with E-state index in [2.05, 4.69) is 24.1 Å². The van der Waals surface area contributed by atoms with Crippen LogP contribution in [0.5, 0.6) is 11.8 Å². The minimum atomic E-state index is 0.280. The summed E-state index contributed by atoms with van der Waals surface area (Å²) in [6.45, 7) is 4.85. The number of thioether (sulfide) groups is 1. The molecule has 0 radical (unpaired) electrons. The maximum atomic E-state index is 5.66. The molecule has 0 spiro atoms. The molecule has 5 heteroatoms. The Kier molecular flexibility index (Phi) is 4.87. The third kappa shape index (κ3) is 4.01. The van der Waals surface area contributed by atoms with Crippen LogP contribution in [0.2, 0.25) is 0 Å². The maximum absolute atomic E-state index is 5.66. The van der Waals surface area contributed by atoms with Gasteiger partial charge in [-0.2, -0.15) is 4.98 Å². The Bertz CT molecular complexity index is 526. The largest absolute Gasteiger partial charge is 0.417 e. The van der Waals surface area contributed by atoms with Gasteiger partial charge in [0.25, 0.3) is 0 Å². The second-order valence-electron chi connectivity index (χ2n) is 4.39. The van der Waals surface area contributed by atoms with Crippen LogP contribution >= 0.6 is 11.8 Å². The van der Waals surface area contributed by atoms with Crippen LogP contribution < -0.4 is 10.1 Å². The quantitative estimate of drug-likeness (QED) is 0.817. The second-order valence-corrected chi connectivity index (χ2v) is 5.24. The number of rotatable bonds is 6. The van der Waals surface area contributed by atoms with Crippen LogP contribution in [-0.4, -0.2) is 17.3 Å². The molecular formula is C14H18N2O2S. The van der Waals surface area contributed by atoms with Crippen LogP contribution in [0, 0.1) is 0 Å². The lowest BCUT2D eigenvalue weighted by Crippen LogP contribution is -2.21. The number of nitrogens with one attached hydrogen (secondary N) is 1. The van der Waals surface area contributed by atoms with Crippen molar-refractivity contribution in [3.63, 3.8) is 0 Å². The van der Waals surface area contributed by atoms with E-state index in [4.69, 9.17) is 9.15 Å². The lowest BCUT2D eigenvalue weighted by molar-refractivity contribution is 0.325. The molecule has 1 heterocycles. The Morgan fingerprint density at radius 3 is 2.89 bits per heavy atom. The summed E-state index contributed by atoms with van der Waals surface area (Å²) in [5, 5.41) is 3.28. The van der Waals surface area contributed by atoms with Gasteiger partial charge in [-0.25, -0.2) is 0 Å². The molecule has 2 rings (SSSR count).